The van der Waals surface area contributed by atoms with Crippen LogP contribution in [0.15, 0.2) is 59.1 Å². The highest BCUT2D eigenvalue weighted by Crippen LogP contribution is 2.33. The first-order valence-corrected chi connectivity index (χ1v) is 16.1. The number of aromatic nitrogens is 2. The van der Waals surface area contributed by atoms with E-state index in [1.807, 2.05) is 12.1 Å². The molecule has 0 bridgehead atoms. The molecule has 7 nitrogen and oxygen atoms in total. The van der Waals surface area contributed by atoms with Gasteiger partial charge in [0.25, 0.3) is 0 Å². The van der Waals surface area contributed by atoms with E-state index in [9.17, 15) is 9.90 Å². The second-order valence-electron chi connectivity index (χ2n) is 11.4. The zero-order valence-corrected chi connectivity index (χ0v) is 27.9. The molecule has 0 spiro atoms. The summed E-state index contributed by atoms with van der Waals surface area (Å²) in [7, 11) is 1.59. The van der Waals surface area contributed by atoms with E-state index in [2.05, 4.69) is 101 Å². The molecule has 8 heteroatoms. The topological polar surface area (TPSA) is 79.6 Å². The van der Waals surface area contributed by atoms with Crippen LogP contribution in [0.5, 0.6) is 5.75 Å². The molecule has 230 valence electrons. The van der Waals surface area contributed by atoms with Crippen LogP contribution in [-0.4, -0.2) is 40.6 Å². The standard InChI is InChI=1S/C35H45BrN4O3/c1-7-15-39(16-8-2)29-12-9-26(10-13-29)35-38-32-20-27(11-14-33(32)40(35)23(3)4)31(17-24(5)42)37-21-25-18-28(22-41)34(43-6)30(36)19-25/h9-14,18-20,23,31,37,41H,7-8,15-17,21-22H2,1-6H3. The molecule has 43 heavy (non-hydrogen) atoms. The molecule has 1 heterocycles. The molecule has 0 saturated heterocycles. The lowest BCUT2D eigenvalue weighted by molar-refractivity contribution is -0.117. The van der Waals surface area contributed by atoms with Crippen molar-refractivity contribution in [2.45, 2.75) is 79.1 Å². The fraction of sp³-hybridized carbons (Fsp3) is 0.429. The molecule has 1 unspecified atom stereocenters. The maximum atomic E-state index is 12.3. The van der Waals surface area contributed by atoms with Gasteiger partial charge < -0.3 is 24.6 Å². The Morgan fingerprint density at radius 3 is 2.35 bits per heavy atom. The number of carbonyl (C=O) groups is 1. The van der Waals surface area contributed by atoms with E-state index in [1.54, 1.807) is 14.0 Å². The van der Waals surface area contributed by atoms with E-state index in [-0.39, 0.29) is 24.5 Å². The lowest BCUT2D eigenvalue weighted by Gasteiger charge is -2.24. The van der Waals surface area contributed by atoms with Crippen LogP contribution in [0, 0.1) is 0 Å². The Kier molecular flexibility index (Phi) is 11.4. The molecule has 0 saturated carbocycles. The highest BCUT2D eigenvalue weighted by atomic mass is 79.9. The number of ether oxygens (including phenoxy) is 1. The van der Waals surface area contributed by atoms with Crippen molar-refractivity contribution in [3.63, 3.8) is 0 Å². The van der Waals surface area contributed by atoms with Crippen molar-refractivity contribution in [3.05, 3.63) is 75.8 Å². The normalized spacial score (nSPS) is 12.2. The third-order valence-corrected chi connectivity index (χ3v) is 8.30. The van der Waals surface area contributed by atoms with Crippen LogP contribution in [0.1, 0.15) is 82.7 Å². The summed E-state index contributed by atoms with van der Waals surface area (Å²) in [6.45, 7) is 12.9. The molecular formula is C35H45BrN4O3. The van der Waals surface area contributed by atoms with E-state index in [1.165, 1.54) is 5.69 Å². The molecule has 2 N–H and O–H groups in total. The Bertz CT molecular complexity index is 1520. The molecule has 1 aromatic heterocycles. The van der Waals surface area contributed by atoms with E-state index >= 15 is 0 Å². The highest BCUT2D eigenvalue weighted by Gasteiger charge is 2.20. The van der Waals surface area contributed by atoms with Crippen molar-refractivity contribution in [2.75, 3.05) is 25.1 Å². The summed E-state index contributed by atoms with van der Waals surface area (Å²) < 4.78 is 8.50. The Morgan fingerprint density at radius 1 is 1.07 bits per heavy atom. The third-order valence-electron chi connectivity index (χ3n) is 7.71. The minimum Gasteiger partial charge on any atom is -0.495 e. The third kappa shape index (κ3) is 7.66. The van der Waals surface area contributed by atoms with Crippen molar-refractivity contribution in [3.8, 4) is 17.1 Å². The second-order valence-corrected chi connectivity index (χ2v) is 12.3. The number of methoxy groups -OCH3 is 1. The molecule has 0 fully saturated rings. The summed E-state index contributed by atoms with van der Waals surface area (Å²) in [5.74, 6) is 1.68. The number of benzene rings is 3. The maximum absolute atomic E-state index is 12.3. The van der Waals surface area contributed by atoms with Gasteiger partial charge in [0, 0.05) is 55.0 Å². The summed E-state index contributed by atoms with van der Waals surface area (Å²) in [5.41, 5.74) is 7.03. The van der Waals surface area contributed by atoms with E-state index in [0.717, 1.165) is 64.0 Å². The number of hydrogen-bond acceptors (Lipinski definition) is 6. The molecule has 1 atom stereocenters. The summed E-state index contributed by atoms with van der Waals surface area (Å²) in [6.07, 6.45) is 2.60. The number of aliphatic hydroxyl groups is 1. The molecule has 0 amide bonds. The van der Waals surface area contributed by atoms with Gasteiger partial charge in [-0.3, -0.25) is 4.79 Å². The minimum absolute atomic E-state index is 0.109. The number of anilines is 1. The van der Waals surface area contributed by atoms with Gasteiger partial charge in [-0.2, -0.15) is 0 Å². The fourth-order valence-corrected chi connectivity index (χ4v) is 6.50. The van der Waals surface area contributed by atoms with Gasteiger partial charge in [-0.05, 0) is 109 Å². The zero-order valence-electron chi connectivity index (χ0n) is 26.3. The summed E-state index contributed by atoms with van der Waals surface area (Å²) in [5, 5.41) is 13.4. The lowest BCUT2D eigenvalue weighted by atomic mass is 10.0. The lowest BCUT2D eigenvalue weighted by Crippen LogP contribution is -2.24. The Balaban J connectivity index is 1.66. The first kappa shape index (κ1) is 32.7. The molecule has 0 aliphatic heterocycles. The van der Waals surface area contributed by atoms with Crippen molar-refractivity contribution in [1.29, 1.82) is 0 Å². The van der Waals surface area contributed by atoms with Crippen LogP contribution in [0.25, 0.3) is 22.4 Å². The number of halogens is 1. The number of nitrogens with zero attached hydrogens (tertiary/aromatic N) is 3. The quantitative estimate of drug-likeness (QED) is 0.136. The number of imidazole rings is 1. The van der Waals surface area contributed by atoms with E-state index in [4.69, 9.17) is 9.72 Å². The van der Waals surface area contributed by atoms with Crippen molar-refractivity contribution in [1.82, 2.24) is 14.9 Å². The van der Waals surface area contributed by atoms with Crippen LogP contribution in [0.2, 0.25) is 0 Å². The average molecular weight is 650 g/mol. The number of rotatable bonds is 15. The number of hydrogen-bond donors (Lipinski definition) is 2. The monoisotopic (exact) mass is 648 g/mol. The Hall–Kier alpha value is -3.20. The zero-order chi connectivity index (χ0) is 31.1. The molecule has 0 aliphatic carbocycles. The number of carbonyl (C=O) groups excluding carboxylic acids is 1. The highest BCUT2D eigenvalue weighted by molar-refractivity contribution is 9.10. The van der Waals surface area contributed by atoms with Crippen LogP contribution < -0.4 is 15.0 Å². The minimum atomic E-state index is -0.185. The second kappa shape index (κ2) is 15.0. The predicted molar refractivity (Wildman–Crippen MR) is 180 cm³/mol. The van der Waals surface area contributed by atoms with Gasteiger partial charge in [0.2, 0.25) is 0 Å². The molecule has 0 aliphatic rings. The van der Waals surface area contributed by atoms with E-state index < -0.39 is 0 Å². The number of Topliss-reactive ketones (excluding diaryl/α,β-unsaturated/α-hetero) is 1. The first-order chi connectivity index (χ1) is 20.7. The smallest absolute Gasteiger partial charge is 0.141 e. The van der Waals surface area contributed by atoms with Gasteiger partial charge in [0.1, 0.15) is 17.4 Å². The first-order valence-electron chi connectivity index (χ1n) is 15.3. The van der Waals surface area contributed by atoms with Crippen LogP contribution in [-0.2, 0) is 17.9 Å². The van der Waals surface area contributed by atoms with Crippen LogP contribution >= 0.6 is 15.9 Å². The number of nitrogens with one attached hydrogen (secondary N) is 1. The summed E-state index contributed by atoms with van der Waals surface area (Å²) in [6, 6.07) is 19.1. The van der Waals surface area contributed by atoms with Crippen molar-refractivity contribution >= 4 is 38.4 Å². The molecule has 0 radical (unpaired) electrons. The summed E-state index contributed by atoms with van der Waals surface area (Å²) in [4.78, 5) is 19.9. The average Bonchev–Trinajstić information content (AvgIpc) is 3.38. The van der Waals surface area contributed by atoms with Gasteiger partial charge >= 0.3 is 0 Å². The number of fused-ring (bicyclic) bond motifs is 1. The molecule has 4 aromatic rings. The molecule has 4 rings (SSSR count). The fourth-order valence-electron chi connectivity index (χ4n) is 5.79. The Labute approximate surface area is 264 Å². The maximum Gasteiger partial charge on any atom is 0.141 e. The van der Waals surface area contributed by atoms with Gasteiger partial charge in [0.15, 0.2) is 0 Å². The van der Waals surface area contributed by atoms with Crippen LogP contribution in [0.3, 0.4) is 0 Å². The van der Waals surface area contributed by atoms with Gasteiger partial charge in [-0.1, -0.05) is 19.9 Å². The number of ketones is 1. The van der Waals surface area contributed by atoms with Gasteiger partial charge in [0.05, 0.1) is 29.2 Å². The SMILES string of the molecule is CCCN(CCC)c1ccc(-c2nc3cc(C(CC(C)=O)NCc4cc(Br)c(OC)c(CO)c4)ccc3n2C(C)C)cc1. The van der Waals surface area contributed by atoms with Gasteiger partial charge in [-0.25, -0.2) is 4.98 Å². The predicted octanol–water partition coefficient (Wildman–Crippen LogP) is 7.98. The summed E-state index contributed by atoms with van der Waals surface area (Å²) >= 11 is 3.55. The molecule has 3 aromatic carbocycles. The van der Waals surface area contributed by atoms with Crippen molar-refractivity contribution in [2.24, 2.45) is 0 Å². The van der Waals surface area contributed by atoms with Crippen LogP contribution in [0.4, 0.5) is 5.69 Å². The van der Waals surface area contributed by atoms with Gasteiger partial charge in [-0.15, -0.1) is 0 Å². The largest absolute Gasteiger partial charge is 0.495 e. The van der Waals surface area contributed by atoms with E-state index in [0.29, 0.717) is 24.3 Å². The van der Waals surface area contributed by atoms with Crippen molar-refractivity contribution < 1.29 is 14.6 Å². The molecular weight excluding hydrogens is 604 g/mol. The Morgan fingerprint density at radius 2 is 1.77 bits per heavy atom. The number of aliphatic hydroxyl groups excluding tert-OH is 1.